The summed E-state index contributed by atoms with van der Waals surface area (Å²) in [6, 6.07) is 8.35. The van der Waals surface area contributed by atoms with Gasteiger partial charge in [-0.05, 0) is 37.9 Å². The van der Waals surface area contributed by atoms with Gasteiger partial charge in [-0.2, -0.15) is 4.31 Å². The Bertz CT molecular complexity index is 595. The molecular formula is C15H24ClN3O3S. The first-order valence-corrected chi connectivity index (χ1v) is 9.02. The van der Waals surface area contributed by atoms with Gasteiger partial charge < -0.3 is 11.1 Å². The van der Waals surface area contributed by atoms with E-state index in [9.17, 15) is 13.2 Å². The third-order valence-electron chi connectivity index (χ3n) is 3.82. The van der Waals surface area contributed by atoms with Gasteiger partial charge in [0.15, 0.2) is 0 Å². The Balaban J connectivity index is 0.00000264. The highest BCUT2D eigenvalue weighted by Crippen LogP contribution is 2.23. The molecule has 6 nitrogen and oxygen atoms in total. The van der Waals surface area contributed by atoms with Crippen molar-refractivity contribution in [2.45, 2.75) is 24.2 Å². The van der Waals surface area contributed by atoms with E-state index in [0.29, 0.717) is 26.1 Å². The molecule has 1 unspecified atom stereocenters. The predicted molar refractivity (Wildman–Crippen MR) is 91.9 cm³/mol. The Labute approximate surface area is 143 Å². The number of sulfonamides is 1. The third-order valence-corrected chi connectivity index (χ3v) is 5.70. The second-order valence-electron chi connectivity index (χ2n) is 5.45. The van der Waals surface area contributed by atoms with Crippen LogP contribution < -0.4 is 11.1 Å². The highest BCUT2D eigenvalue weighted by atomic mass is 35.5. The first-order chi connectivity index (χ1) is 10.6. The SMILES string of the molecule is Cl.NCCCNC(=O)C1CCCN(S(=O)(=O)c2ccccc2)C1. The van der Waals surface area contributed by atoms with E-state index in [1.165, 1.54) is 4.31 Å². The summed E-state index contributed by atoms with van der Waals surface area (Å²) in [5, 5.41) is 2.82. The molecule has 23 heavy (non-hydrogen) atoms. The topological polar surface area (TPSA) is 92.5 Å². The van der Waals surface area contributed by atoms with Crippen molar-refractivity contribution in [3.05, 3.63) is 30.3 Å². The van der Waals surface area contributed by atoms with E-state index in [1.54, 1.807) is 30.3 Å². The summed E-state index contributed by atoms with van der Waals surface area (Å²) in [6.45, 7) is 1.77. The molecule has 0 bridgehead atoms. The van der Waals surface area contributed by atoms with Crippen molar-refractivity contribution in [1.29, 1.82) is 0 Å². The number of rotatable bonds is 6. The maximum absolute atomic E-state index is 12.6. The average Bonchev–Trinajstić information content (AvgIpc) is 2.56. The number of benzene rings is 1. The zero-order valence-electron chi connectivity index (χ0n) is 13.0. The van der Waals surface area contributed by atoms with Crippen LogP contribution >= 0.6 is 12.4 Å². The van der Waals surface area contributed by atoms with Crippen LogP contribution in [0, 0.1) is 5.92 Å². The quantitative estimate of drug-likeness (QED) is 0.738. The Kier molecular flexibility index (Phi) is 7.98. The fraction of sp³-hybridized carbons (Fsp3) is 0.533. The molecule has 1 heterocycles. The van der Waals surface area contributed by atoms with E-state index in [1.807, 2.05) is 0 Å². The van der Waals surface area contributed by atoms with Crippen LogP contribution in [0.4, 0.5) is 0 Å². The molecule has 0 aromatic heterocycles. The Morgan fingerprint density at radius 2 is 2.00 bits per heavy atom. The minimum absolute atomic E-state index is 0. The van der Waals surface area contributed by atoms with Crippen LogP contribution in [0.2, 0.25) is 0 Å². The van der Waals surface area contributed by atoms with Gasteiger partial charge >= 0.3 is 0 Å². The van der Waals surface area contributed by atoms with Gasteiger partial charge in [-0.15, -0.1) is 12.4 Å². The second kappa shape index (κ2) is 9.22. The van der Waals surface area contributed by atoms with Gasteiger partial charge in [0.1, 0.15) is 0 Å². The number of carbonyl (C=O) groups is 1. The first kappa shape index (κ1) is 19.9. The smallest absolute Gasteiger partial charge is 0.243 e. The van der Waals surface area contributed by atoms with E-state index in [0.717, 1.165) is 12.8 Å². The zero-order chi connectivity index (χ0) is 16.0. The number of nitrogens with zero attached hydrogens (tertiary/aromatic N) is 1. The number of hydrogen-bond acceptors (Lipinski definition) is 4. The normalized spacial score (nSPS) is 18.9. The summed E-state index contributed by atoms with van der Waals surface area (Å²) < 4.78 is 26.6. The van der Waals surface area contributed by atoms with Crippen LogP contribution in [0.25, 0.3) is 0 Å². The zero-order valence-corrected chi connectivity index (χ0v) is 14.6. The molecule has 1 atom stereocenters. The van der Waals surface area contributed by atoms with Crippen LogP contribution in [-0.4, -0.2) is 44.8 Å². The molecule has 0 spiro atoms. The predicted octanol–water partition coefficient (Wildman–Crippen LogP) is 0.974. The Morgan fingerprint density at radius 3 is 2.65 bits per heavy atom. The molecule has 1 aromatic rings. The van der Waals surface area contributed by atoms with Gasteiger partial charge in [-0.3, -0.25) is 4.79 Å². The summed E-state index contributed by atoms with van der Waals surface area (Å²) in [5.41, 5.74) is 5.40. The molecule has 1 amide bonds. The van der Waals surface area contributed by atoms with Crippen LogP contribution in [0.3, 0.4) is 0 Å². The number of nitrogens with one attached hydrogen (secondary N) is 1. The third kappa shape index (κ3) is 5.17. The van der Waals surface area contributed by atoms with Gasteiger partial charge in [0.05, 0.1) is 10.8 Å². The van der Waals surface area contributed by atoms with E-state index in [4.69, 9.17) is 5.73 Å². The number of piperidine rings is 1. The molecule has 1 aromatic carbocycles. The van der Waals surface area contributed by atoms with Gasteiger partial charge in [-0.1, -0.05) is 18.2 Å². The number of halogens is 1. The Hall–Kier alpha value is -1.15. The van der Waals surface area contributed by atoms with Gasteiger partial charge in [-0.25, -0.2) is 8.42 Å². The largest absolute Gasteiger partial charge is 0.356 e. The number of amides is 1. The number of hydrogen-bond donors (Lipinski definition) is 2. The number of nitrogens with two attached hydrogens (primary N) is 1. The minimum Gasteiger partial charge on any atom is -0.356 e. The van der Waals surface area contributed by atoms with Crippen molar-refractivity contribution in [1.82, 2.24) is 9.62 Å². The van der Waals surface area contributed by atoms with Gasteiger partial charge in [0, 0.05) is 19.6 Å². The highest BCUT2D eigenvalue weighted by molar-refractivity contribution is 7.89. The van der Waals surface area contributed by atoms with E-state index in [-0.39, 0.29) is 35.7 Å². The highest BCUT2D eigenvalue weighted by Gasteiger charge is 2.32. The van der Waals surface area contributed by atoms with Crippen molar-refractivity contribution >= 4 is 28.3 Å². The summed E-state index contributed by atoms with van der Waals surface area (Å²) in [7, 11) is -3.52. The molecule has 8 heteroatoms. The lowest BCUT2D eigenvalue weighted by atomic mass is 9.99. The molecule has 3 N–H and O–H groups in total. The van der Waals surface area contributed by atoms with Crippen LogP contribution in [0.5, 0.6) is 0 Å². The lowest BCUT2D eigenvalue weighted by Crippen LogP contribution is -2.45. The van der Waals surface area contributed by atoms with Crippen molar-refractivity contribution in [2.24, 2.45) is 11.7 Å². The van der Waals surface area contributed by atoms with Crippen molar-refractivity contribution in [2.75, 3.05) is 26.2 Å². The lowest BCUT2D eigenvalue weighted by molar-refractivity contribution is -0.126. The maximum atomic E-state index is 12.6. The lowest BCUT2D eigenvalue weighted by Gasteiger charge is -2.31. The molecule has 0 radical (unpaired) electrons. The minimum atomic E-state index is -3.52. The fourth-order valence-electron chi connectivity index (χ4n) is 2.57. The maximum Gasteiger partial charge on any atom is 0.243 e. The van der Waals surface area contributed by atoms with Crippen LogP contribution in [0.15, 0.2) is 35.2 Å². The molecule has 1 saturated heterocycles. The van der Waals surface area contributed by atoms with E-state index in [2.05, 4.69) is 5.32 Å². The van der Waals surface area contributed by atoms with Crippen molar-refractivity contribution < 1.29 is 13.2 Å². The molecule has 0 saturated carbocycles. The Morgan fingerprint density at radius 1 is 1.30 bits per heavy atom. The molecule has 2 rings (SSSR count). The monoisotopic (exact) mass is 361 g/mol. The molecule has 130 valence electrons. The van der Waals surface area contributed by atoms with Crippen molar-refractivity contribution in [3.63, 3.8) is 0 Å². The summed E-state index contributed by atoms with van der Waals surface area (Å²) in [4.78, 5) is 12.4. The van der Waals surface area contributed by atoms with Gasteiger partial charge in [0.2, 0.25) is 15.9 Å². The summed E-state index contributed by atoms with van der Waals surface area (Å²) in [5.74, 6) is -0.369. The molecule has 0 aliphatic carbocycles. The van der Waals surface area contributed by atoms with Crippen molar-refractivity contribution in [3.8, 4) is 0 Å². The summed E-state index contributed by atoms with van der Waals surface area (Å²) >= 11 is 0. The number of carbonyl (C=O) groups excluding carboxylic acids is 1. The standard InChI is InChI=1S/C15H23N3O3S.ClH/c16-9-5-10-17-15(19)13-6-4-11-18(12-13)22(20,21)14-7-2-1-3-8-14;/h1-3,7-8,13H,4-6,9-12,16H2,(H,17,19);1H. The van der Waals surface area contributed by atoms with Crippen LogP contribution in [0.1, 0.15) is 19.3 Å². The van der Waals surface area contributed by atoms with E-state index >= 15 is 0 Å². The summed E-state index contributed by atoms with van der Waals surface area (Å²) in [6.07, 6.45) is 2.14. The van der Waals surface area contributed by atoms with Gasteiger partial charge in [0.25, 0.3) is 0 Å². The average molecular weight is 362 g/mol. The molecule has 1 aliphatic heterocycles. The van der Waals surface area contributed by atoms with E-state index < -0.39 is 10.0 Å². The molecule has 1 aliphatic rings. The molecular weight excluding hydrogens is 338 g/mol. The fourth-order valence-corrected chi connectivity index (χ4v) is 4.12. The first-order valence-electron chi connectivity index (χ1n) is 7.58. The van der Waals surface area contributed by atoms with Crippen LogP contribution in [-0.2, 0) is 14.8 Å². The second-order valence-corrected chi connectivity index (χ2v) is 7.39. The molecule has 1 fully saturated rings.